The summed E-state index contributed by atoms with van der Waals surface area (Å²) >= 11 is 0. The first-order valence-electron chi connectivity index (χ1n) is 20.2. The van der Waals surface area contributed by atoms with Gasteiger partial charge in [0.1, 0.15) is 11.2 Å². The predicted molar refractivity (Wildman–Crippen MR) is 243 cm³/mol. The van der Waals surface area contributed by atoms with Crippen LogP contribution in [0.5, 0.6) is 0 Å². The summed E-state index contributed by atoms with van der Waals surface area (Å²) in [6.45, 7) is 4.67. The molecule has 0 saturated carbocycles. The van der Waals surface area contributed by atoms with Crippen molar-refractivity contribution in [3.8, 4) is 56.2 Å². The fourth-order valence-electron chi connectivity index (χ4n) is 8.93. The Morgan fingerprint density at radius 2 is 0.983 bits per heavy atom. The first-order valence-corrected chi connectivity index (χ1v) is 20.2. The summed E-state index contributed by atoms with van der Waals surface area (Å²) < 4.78 is 6.60. The summed E-state index contributed by atoms with van der Waals surface area (Å²) in [5.41, 5.74) is 17.2. The molecular weight excluding hydrogens is 719 g/mol. The number of para-hydroxylation sites is 1. The second kappa shape index (κ2) is 13.8. The molecule has 0 saturated heterocycles. The van der Waals surface area contributed by atoms with E-state index in [0.717, 1.165) is 78.2 Å². The van der Waals surface area contributed by atoms with Crippen LogP contribution in [0, 0.1) is 0 Å². The smallest absolute Gasteiger partial charge is 0.161 e. The zero-order valence-corrected chi connectivity index (χ0v) is 32.8. The van der Waals surface area contributed by atoms with Crippen molar-refractivity contribution in [3.63, 3.8) is 0 Å². The minimum atomic E-state index is -0.0887. The van der Waals surface area contributed by atoms with Gasteiger partial charge >= 0.3 is 0 Å². The fraction of sp³-hybridized carbons (Fsp3) is 0.0545. The van der Waals surface area contributed by atoms with Gasteiger partial charge in [-0.25, -0.2) is 9.97 Å². The van der Waals surface area contributed by atoms with E-state index in [0.29, 0.717) is 5.82 Å². The van der Waals surface area contributed by atoms with Crippen molar-refractivity contribution in [1.29, 1.82) is 0 Å². The molecule has 11 rings (SSSR count). The molecule has 0 bridgehead atoms. The fourth-order valence-corrected chi connectivity index (χ4v) is 8.93. The monoisotopic (exact) mass is 757 g/mol. The van der Waals surface area contributed by atoms with Crippen molar-refractivity contribution >= 4 is 39.0 Å². The average Bonchev–Trinajstić information content (AvgIpc) is 3.79. The Labute approximate surface area is 343 Å². The molecule has 0 radical (unpaired) electrons. The molecule has 8 aromatic carbocycles. The highest BCUT2D eigenvalue weighted by atomic mass is 16.3. The summed E-state index contributed by atoms with van der Waals surface area (Å²) in [6, 6.07) is 70.6. The van der Waals surface area contributed by atoms with Crippen LogP contribution in [0.15, 0.2) is 205 Å². The Hall–Kier alpha value is -7.56. The van der Waals surface area contributed by atoms with Crippen LogP contribution < -0.4 is 4.90 Å². The van der Waals surface area contributed by atoms with Crippen LogP contribution in [-0.4, -0.2) is 9.97 Å². The molecule has 4 nitrogen and oxygen atoms in total. The van der Waals surface area contributed by atoms with Gasteiger partial charge in [-0.3, -0.25) is 0 Å². The molecule has 0 amide bonds. The largest absolute Gasteiger partial charge is 0.456 e. The predicted octanol–water partition coefficient (Wildman–Crippen LogP) is 14.8. The SMILES string of the molecule is CC1(C)c2ccccc2-c2ccc(N(c3ccccc3)c3ccc(-c4ccc5c(c4)oc4cccc(-c6nc(-c7ccccc7)cc(-c7ccccc7)n6)c45)cc3)cc21. The molecule has 0 spiro atoms. The summed E-state index contributed by atoms with van der Waals surface area (Å²) in [6.07, 6.45) is 0. The zero-order valence-electron chi connectivity index (χ0n) is 32.8. The van der Waals surface area contributed by atoms with Gasteiger partial charge in [0.25, 0.3) is 0 Å². The molecule has 1 aliphatic carbocycles. The van der Waals surface area contributed by atoms with E-state index >= 15 is 0 Å². The number of anilines is 3. The third kappa shape index (κ3) is 5.92. The highest BCUT2D eigenvalue weighted by molar-refractivity contribution is 6.12. The number of fused-ring (bicyclic) bond motifs is 6. The lowest BCUT2D eigenvalue weighted by Gasteiger charge is -2.28. The molecule has 0 fully saturated rings. The van der Waals surface area contributed by atoms with E-state index in [4.69, 9.17) is 14.4 Å². The Morgan fingerprint density at radius 3 is 1.69 bits per heavy atom. The van der Waals surface area contributed by atoms with Crippen molar-refractivity contribution in [2.45, 2.75) is 19.3 Å². The molecule has 2 aromatic heterocycles. The van der Waals surface area contributed by atoms with E-state index in [-0.39, 0.29) is 5.41 Å². The third-order valence-electron chi connectivity index (χ3n) is 11.9. The highest BCUT2D eigenvalue weighted by Crippen LogP contribution is 2.50. The maximum atomic E-state index is 6.60. The molecule has 0 unspecified atom stereocenters. The van der Waals surface area contributed by atoms with Gasteiger partial charge in [0.2, 0.25) is 0 Å². The van der Waals surface area contributed by atoms with E-state index in [2.05, 4.69) is 170 Å². The summed E-state index contributed by atoms with van der Waals surface area (Å²) in [7, 11) is 0. The van der Waals surface area contributed by atoms with Crippen molar-refractivity contribution in [2.24, 2.45) is 0 Å². The third-order valence-corrected chi connectivity index (χ3v) is 11.9. The summed E-state index contributed by atoms with van der Waals surface area (Å²) in [5.74, 6) is 0.664. The summed E-state index contributed by atoms with van der Waals surface area (Å²) in [4.78, 5) is 12.6. The Balaban J connectivity index is 0.970. The molecule has 0 atom stereocenters. The van der Waals surface area contributed by atoms with Crippen molar-refractivity contribution in [1.82, 2.24) is 9.97 Å². The minimum Gasteiger partial charge on any atom is -0.456 e. The lowest BCUT2D eigenvalue weighted by Crippen LogP contribution is -2.16. The average molecular weight is 758 g/mol. The molecule has 10 aromatic rings. The number of nitrogens with zero attached hydrogens (tertiary/aromatic N) is 3. The van der Waals surface area contributed by atoms with Crippen molar-refractivity contribution in [3.05, 3.63) is 211 Å². The minimum absolute atomic E-state index is 0.0887. The molecule has 4 heteroatoms. The van der Waals surface area contributed by atoms with Crippen molar-refractivity contribution < 1.29 is 4.42 Å². The van der Waals surface area contributed by atoms with E-state index in [1.807, 2.05) is 48.5 Å². The van der Waals surface area contributed by atoms with E-state index in [1.165, 1.54) is 22.3 Å². The quantitative estimate of drug-likeness (QED) is 0.162. The molecule has 0 N–H and O–H groups in total. The van der Waals surface area contributed by atoms with Gasteiger partial charge in [-0.1, -0.05) is 153 Å². The van der Waals surface area contributed by atoms with Crippen molar-refractivity contribution in [2.75, 3.05) is 4.90 Å². The number of furan rings is 1. The van der Waals surface area contributed by atoms with E-state index in [9.17, 15) is 0 Å². The molecule has 59 heavy (non-hydrogen) atoms. The first kappa shape index (κ1) is 34.7. The number of rotatable bonds is 7. The van der Waals surface area contributed by atoms with E-state index < -0.39 is 0 Å². The van der Waals surface area contributed by atoms with Gasteiger partial charge in [0, 0.05) is 49.9 Å². The lowest BCUT2D eigenvalue weighted by atomic mass is 9.82. The Bertz CT molecular complexity index is 3110. The zero-order chi connectivity index (χ0) is 39.5. The van der Waals surface area contributed by atoms with Gasteiger partial charge in [0.05, 0.1) is 11.4 Å². The molecule has 2 heterocycles. The van der Waals surface area contributed by atoms with Gasteiger partial charge < -0.3 is 9.32 Å². The first-order chi connectivity index (χ1) is 29.0. The maximum absolute atomic E-state index is 6.60. The van der Waals surface area contributed by atoms with Crippen LogP contribution in [0.2, 0.25) is 0 Å². The number of aromatic nitrogens is 2. The molecule has 0 aliphatic heterocycles. The summed E-state index contributed by atoms with van der Waals surface area (Å²) in [5, 5.41) is 2.04. The van der Waals surface area contributed by atoms with Crippen LogP contribution in [-0.2, 0) is 5.41 Å². The lowest BCUT2D eigenvalue weighted by molar-refractivity contribution is 0.660. The number of benzene rings is 8. The second-order valence-corrected chi connectivity index (χ2v) is 15.8. The van der Waals surface area contributed by atoms with E-state index in [1.54, 1.807) is 0 Å². The van der Waals surface area contributed by atoms with Gasteiger partial charge in [-0.2, -0.15) is 0 Å². The van der Waals surface area contributed by atoms with Gasteiger partial charge in [0.15, 0.2) is 5.82 Å². The number of hydrogen-bond acceptors (Lipinski definition) is 4. The van der Waals surface area contributed by atoms with Crippen LogP contribution in [0.1, 0.15) is 25.0 Å². The number of hydrogen-bond donors (Lipinski definition) is 0. The van der Waals surface area contributed by atoms with Gasteiger partial charge in [-0.15, -0.1) is 0 Å². The van der Waals surface area contributed by atoms with Crippen LogP contribution in [0.4, 0.5) is 17.1 Å². The standard InChI is InChI=1S/C55H39N3O/c1-55(2)47-23-13-12-21-43(47)44-32-30-42(34-48(44)55)58(40-19-10-5-11-20-40)41-28-25-36(26-29-41)39-27-31-45-52(33-39)59-51-24-14-22-46(53(45)51)54-56-49(37-15-6-3-7-16-37)35-50(57-54)38-17-8-4-9-18-38/h3-35H,1-2H3. The Kier molecular flexibility index (Phi) is 8.12. The van der Waals surface area contributed by atoms with Crippen LogP contribution >= 0.6 is 0 Å². The maximum Gasteiger partial charge on any atom is 0.161 e. The normalized spacial score (nSPS) is 12.7. The molecule has 280 valence electrons. The topological polar surface area (TPSA) is 42.2 Å². The molecular formula is C55H39N3O. The Morgan fingerprint density at radius 1 is 0.407 bits per heavy atom. The second-order valence-electron chi connectivity index (χ2n) is 15.8. The molecule has 1 aliphatic rings. The highest BCUT2D eigenvalue weighted by Gasteiger charge is 2.35. The van der Waals surface area contributed by atoms with Gasteiger partial charge in [-0.05, 0) is 94.0 Å². The van der Waals surface area contributed by atoms with Crippen LogP contribution in [0.3, 0.4) is 0 Å². The van der Waals surface area contributed by atoms with Crippen LogP contribution in [0.25, 0.3) is 78.1 Å².